The number of nitrogens with zero attached hydrogens (tertiary/aromatic N) is 1. The van der Waals surface area contributed by atoms with Crippen molar-refractivity contribution in [3.63, 3.8) is 0 Å². The van der Waals surface area contributed by atoms with Gasteiger partial charge in [0, 0.05) is 10.1 Å². The predicted octanol–water partition coefficient (Wildman–Crippen LogP) is 2.73. The van der Waals surface area contributed by atoms with Crippen LogP contribution < -0.4 is 4.74 Å². The van der Waals surface area contributed by atoms with Gasteiger partial charge in [-0.25, -0.2) is 4.79 Å². The van der Waals surface area contributed by atoms with Crippen molar-refractivity contribution in [3.05, 3.63) is 26.3 Å². The second-order valence-electron chi connectivity index (χ2n) is 4.65. The third-order valence-electron chi connectivity index (χ3n) is 3.46. The highest BCUT2D eigenvalue weighted by molar-refractivity contribution is 14.1. The van der Waals surface area contributed by atoms with E-state index in [4.69, 9.17) is 21.1 Å². The fourth-order valence-corrected chi connectivity index (χ4v) is 3.01. The second-order valence-corrected chi connectivity index (χ2v) is 6.22. The molecule has 1 heterocycles. The summed E-state index contributed by atoms with van der Waals surface area (Å²) in [6.45, 7) is 0.519. The van der Waals surface area contributed by atoms with E-state index < -0.39 is 12.0 Å². The van der Waals surface area contributed by atoms with Crippen LogP contribution in [0.25, 0.3) is 0 Å². The Labute approximate surface area is 141 Å². The van der Waals surface area contributed by atoms with Crippen molar-refractivity contribution < 1.29 is 19.1 Å². The van der Waals surface area contributed by atoms with Gasteiger partial charge in [-0.2, -0.15) is 0 Å². The molecule has 1 fully saturated rings. The summed E-state index contributed by atoms with van der Waals surface area (Å²) >= 11 is 8.17. The quantitative estimate of drug-likeness (QED) is 0.554. The number of carbonyl (C=O) groups is 2. The molecule has 0 spiro atoms. The van der Waals surface area contributed by atoms with E-state index >= 15 is 0 Å². The molecule has 114 valence electrons. The highest BCUT2D eigenvalue weighted by Crippen LogP contribution is 2.31. The van der Waals surface area contributed by atoms with Gasteiger partial charge in [0.1, 0.15) is 11.8 Å². The number of benzene rings is 1. The molecule has 1 amide bonds. The van der Waals surface area contributed by atoms with Gasteiger partial charge in [0.05, 0.1) is 24.8 Å². The number of esters is 1. The first-order valence-corrected chi connectivity index (χ1v) is 7.87. The summed E-state index contributed by atoms with van der Waals surface area (Å²) in [6, 6.07) is 2.75. The van der Waals surface area contributed by atoms with Crippen LogP contribution in [0, 0.1) is 3.57 Å². The molecule has 0 bridgehead atoms. The summed E-state index contributed by atoms with van der Waals surface area (Å²) in [6.07, 6.45) is 1.38. The van der Waals surface area contributed by atoms with Gasteiger partial charge in [-0.3, -0.25) is 4.79 Å². The third kappa shape index (κ3) is 3.26. The lowest BCUT2D eigenvalue weighted by Gasteiger charge is -2.23. The van der Waals surface area contributed by atoms with Crippen LogP contribution in [0.15, 0.2) is 12.1 Å². The number of ether oxygens (including phenoxy) is 2. The van der Waals surface area contributed by atoms with Crippen molar-refractivity contribution in [2.75, 3.05) is 20.8 Å². The van der Waals surface area contributed by atoms with E-state index in [0.717, 1.165) is 9.99 Å². The smallest absolute Gasteiger partial charge is 0.328 e. The van der Waals surface area contributed by atoms with Gasteiger partial charge in [0.15, 0.2) is 0 Å². The van der Waals surface area contributed by atoms with Crippen LogP contribution in [0.5, 0.6) is 5.75 Å². The van der Waals surface area contributed by atoms with E-state index in [1.54, 1.807) is 12.1 Å². The van der Waals surface area contributed by atoms with Gasteiger partial charge in [-0.15, -0.1) is 0 Å². The standard InChI is InChI=1S/C14H15ClINO4/c1-20-12-7-10(16)9(15)6-8(12)13(18)17-5-3-4-11(17)14(19)21-2/h6-7,11H,3-5H2,1-2H3. The maximum Gasteiger partial charge on any atom is 0.328 e. The highest BCUT2D eigenvalue weighted by atomic mass is 127. The zero-order chi connectivity index (χ0) is 15.6. The van der Waals surface area contributed by atoms with Crippen LogP contribution in [0.3, 0.4) is 0 Å². The number of methoxy groups -OCH3 is 2. The van der Waals surface area contributed by atoms with Crippen molar-refractivity contribution >= 4 is 46.1 Å². The summed E-state index contributed by atoms with van der Waals surface area (Å²) in [7, 11) is 2.82. The van der Waals surface area contributed by atoms with E-state index in [1.807, 2.05) is 0 Å². The molecule has 21 heavy (non-hydrogen) atoms. The van der Waals surface area contributed by atoms with Crippen LogP contribution in [-0.4, -0.2) is 43.6 Å². The van der Waals surface area contributed by atoms with Crippen molar-refractivity contribution in [1.29, 1.82) is 0 Å². The average molecular weight is 424 g/mol. The number of hydrogen-bond acceptors (Lipinski definition) is 4. The Hall–Kier alpha value is -1.02. The molecule has 0 N–H and O–H groups in total. The molecular weight excluding hydrogens is 409 g/mol. The molecule has 1 saturated heterocycles. The second kappa shape index (κ2) is 6.83. The summed E-state index contributed by atoms with van der Waals surface area (Å²) in [4.78, 5) is 26.0. The van der Waals surface area contributed by atoms with Crippen LogP contribution in [0.4, 0.5) is 0 Å². The molecular formula is C14H15ClINO4. The molecule has 1 aromatic carbocycles. The number of hydrogen-bond donors (Lipinski definition) is 0. The fourth-order valence-electron chi connectivity index (χ4n) is 2.41. The van der Waals surface area contributed by atoms with Crippen molar-refractivity contribution in [1.82, 2.24) is 4.90 Å². The summed E-state index contributed by atoms with van der Waals surface area (Å²) in [5.74, 6) is -0.209. The molecule has 1 aliphatic heterocycles. The topological polar surface area (TPSA) is 55.8 Å². The minimum Gasteiger partial charge on any atom is -0.496 e. The first-order chi connectivity index (χ1) is 9.99. The van der Waals surface area contributed by atoms with Gasteiger partial charge in [0.2, 0.25) is 0 Å². The largest absolute Gasteiger partial charge is 0.496 e. The van der Waals surface area contributed by atoms with Crippen molar-refractivity contribution in [2.45, 2.75) is 18.9 Å². The molecule has 5 nitrogen and oxygen atoms in total. The normalized spacial score (nSPS) is 17.7. The van der Waals surface area contributed by atoms with Crippen LogP contribution in [-0.2, 0) is 9.53 Å². The third-order valence-corrected chi connectivity index (χ3v) is 4.98. The van der Waals surface area contributed by atoms with E-state index in [9.17, 15) is 9.59 Å². The Morgan fingerprint density at radius 1 is 1.38 bits per heavy atom. The summed E-state index contributed by atoms with van der Waals surface area (Å²) < 4.78 is 10.8. The van der Waals surface area contributed by atoms with Crippen LogP contribution in [0.2, 0.25) is 5.02 Å². The highest BCUT2D eigenvalue weighted by Gasteiger charge is 2.36. The fraction of sp³-hybridized carbons (Fsp3) is 0.429. The molecule has 2 rings (SSSR count). The molecule has 1 aliphatic rings. The molecule has 0 aromatic heterocycles. The molecule has 1 atom stereocenters. The van der Waals surface area contributed by atoms with E-state index in [0.29, 0.717) is 29.3 Å². The van der Waals surface area contributed by atoms with E-state index in [1.165, 1.54) is 19.1 Å². The van der Waals surface area contributed by atoms with Gasteiger partial charge in [-0.1, -0.05) is 11.6 Å². The molecule has 0 radical (unpaired) electrons. The Balaban J connectivity index is 2.35. The number of amides is 1. The Kier molecular flexibility index (Phi) is 5.32. The Morgan fingerprint density at radius 2 is 2.10 bits per heavy atom. The first kappa shape index (κ1) is 16.4. The average Bonchev–Trinajstić information content (AvgIpc) is 2.97. The minimum atomic E-state index is -0.537. The minimum absolute atomic E-state index is 0.266. The Morgan fingerprint density at radius 3 is 2.71 bits per heavy atom. The van der Waals surface area contributed by atoms with E-state index in [-0.39, 0.29) is 5.91 Å². The first-order valence-electron chi connectivity index (χ1n) is 6.41. The summed E-state index contributed by atoms with van der Waals surface area (Å²) in [5.41, 5.74) is 0.360. The van der Waals surface area contributed by atoms with Crippen molar-refractivity contribution in [2.24, 2.45) is 0 Å². The van der Waals surface area contributed by atoms with Gasteiger partial charge < -0.3 is 14.4 Å². The van der Waals surface area contributed by atoms with E-state index in [2.05, 4.69) is 22.6 Å². The maximum atomic E-state index is 12.7. The van der Waals surface area contributed by atoms with Gasteiger partial charge in [0.25, 0.3) is 5.91 Å². The molecule has 0 saturated carbocycles. The lowest BCUT2D eigenvalue weighted by atomic mass is 10.1. The van der Waals surface area contributed by atoms with Gasteiger partial charge >= 0.3 is 5.97 Å². The van der Waals surface area contributed by atoms with Crippen LogP contribution in [0.1, 0.15) is 23.2 Å². The number of rotatable bonds is 3. The Bertz CT molecular complexity index is 578. The predicted molar refractivity (Wildman–Crippen MR) is 86.8 cm³/mol. The summed E-state index contributed by atoms with van der Waals surface area (Å²) in [5, 5.41) is 0.480. The monoisotopic (exact) mass is 423 g/mol. The molecule has 7 heteroatoms. The number of likely N-dealkylation sites (tertiary alicyclic amines) is 1. The number of carbonyl (C=O) groups excluding carboxylic acids is 2. The SMILES string of the molecule is COC(=O)C1CCCN1C(=O)c1cc(Cl)c(I)cc1OC. The molecule has 1 aromatic rings. The van der Waals surface area contributed by atoms with Gasteiger partial charge in [-0.05, 0) is 47.6 Å². The lowest BCUT2D eigenvalue weighted by molar-refractivity contribution is -0.145. The lowest BCUT2D eigenvalue weighted by Crippen LogP contribution is -2.41. The zero-order valence-electron chi connectivity index (χ0n) is 11.7. The zero-order valence-corrected chi connectivity index (χ0v) is 14.6. The number of halogens is 2. The van der Waals surface area contributed by atoms with Crippen LogP contribution >= 0.6 is 34.2 Å². The molecule has 0 aliphatic carbocycles. The van der Waals surface area contributed by atoms with Crippen molar-refractivity contribution in [3.8, 4) is 5.75 Å². The maximum absolute atomic E-state index is 12.7. The molecule has 1 unspecified atom stereocenters.